The zero-order valence-electron chi connectivity index (χ0n) is 22.3. The Hall–Kier alpha value is -3.83. The van der Waals surface area contributed by atoms with Crippen molar-refractivity contribution in [1.82, 2.24) is 5.32 Å². The number of primary amides is 1. The van der Waals surface area contributed by atoms with Gasteiger partial charge in [0.05, 0.1) is 17.3 Å². The number of carbonyl (C=O) groups is 3. The van der Waals surface area contributed by atoms with E-state index >= 15 is 8.78 Å². The number of nitrogens with two attached hydrogens (primary N) is 1. The molecule has 1 heterocycles. The standard InChI is InChI=1S/C29H31F5N4O3/c1-2-28(30,31)22(20(24(35)39)14-15-29(32,33)34)26(40)37-25-27(41)38(16-17-12-13-17)21-11-7-6-10-19(21)23(36-25)18-8-4-3-5-9-18/h3-11,17,20,22,25H,2,12-16H2,1H3,(H2,35,39)(H,37,40)/t20-,22+,25+/m0/s1. The van der Waals surface area contributed by atoms with Crippen molar-refractivity contribution in [1.29, 1.82) is 0 Å². The zero-order chi connectivity index (χ0) is 29.9. The number of nitrogens with one attached hydrogen (secondary N) is 1. The molecular formula is C29H31F5N4O3. The number of halogens is 5. The molecule has 220 valence electrons. The highest BCUT2D eigenvalue weighted by molar-refractivity contribution is 6.20. The van der Waals surface area contributed by atoms with E-state index in [1.54, 1.807) is 54.6 Å². The fraction of sp³-hybridized carbons (Fsp3) is 0.448. The van der Waals surface area contributed by atoms with Crippen molar-refractivity contribution in [3.05, 3.63) is 65.7 Å². The van der Waals surface area contributed by atoms with Crippen molar-refractivity contribution in [2.24, 2.45) is 28.5 Å². The first-order chi connectivity index (χ1) is 19.3. The Kier molecular flexibility index (Phi) is 8.79. The molecule has 2 aromatic rings. The second-order valence-electron chi connectivity index (χ2n) is 10.4. The molecule has 2 aliphatic rings. The van der Waals surface area contributed by atoms with Crippen LogP contribution in [0.4, 0.5) is 27.6 Å². The van der Waals surface area contributed by atoms with Gasteiger partial charge in [0.15, 0.2) is 0 Å². The average Bonchev–Trinajstić information content (AvgIpc) is 3.76. The lowest BCUT2D eigenvalue weighted by molar-refractivity contribution is -0.161. The maximum Gasteiger partial charge on any atom is 0.389 e. The summed E-state index contributed by atoms with van der Waals surface area (Å²) >= 11 is 0. The van der Waals surface area contributed by atoms with Gasteiger partial charge in [0.2, 0.25) is 18.0 Å². The maximum atomic E-state index is 15.2. The van der Waals surface area contributed by atoms with Crippen LogP contribution < -0.4 is 16.0 Å². The number of carbonyl (C=O) groups excluding carboxylic acids is 3. The molecular weight excluding hydrogens is 547 g/mol. The fourth-order valence-electron chi connectivity index (χ4n) is 5.00. The molecule has 0 spiro atoms. The summed E-state index contributed by atoms with van der Waals surface area (Å²) in [7, 11) is 0. The molecule has 0 bridgehead atoms. The third-order valence-electron chi connectivity index (χ3n) is 7.39. The molecule has 0 saturated heterocycles. The molecule has 3 N–H and O–H groups in total. The lowest BCUT2D eigenvalue weighted by atomic mass is 9.81. The van der Waals surface area contributed by atoms with Crippen LogP contribution in [0, 0.1) is 17.8 Å². The van der Waals surface area contributed by atoms with Crippen molar-refractivity contribution in [2.75, 3.05) is 11.4 Å². The molecule has 1 saturated carbocycles. The number of alkyl halides is 5. The van der Waals surface area contributed by atoms with Crippen molar-refractivity contribution in [3.63, 3.8) is 0 Å². The summed E-state index contributed by atoms with van der Waals surface area (Å²) in [6, 6.07) is 15.7. The first-order valence-corrected chi connectivity index (χ1v) is 13.4. The van der Waals surface area contributed by atoms with Crippen LogP contribution in [0.15, 0.2) is 59.6 Å². The van der Waals surface area contributed by atoms with E-state index in [1.165, 1.54) is 4.90 Å². The maximum absolute atomic E-state index is 15.2. The molecule has 1 aliphatic heterocycles. The van der Waals surface area contributed by atoms with E-state index in [9.17, 15) is 27.6 Å². The second-order valence-corrected chi connectivity index (χ2v) is 10.4. The van der Waals surface area contributed by atoms with E-state index in [-0.39, 0.29) is 5.92 Å². The van der Waals surface area contributed by atoms with E-state index in [0.29, 0.717) is 29.1 Å². The monoisotopic (exact) mass is 578 g/mol. The molecule has 0 unspecified atom stereocenters. The number of rotatable bonds is 11. The first-order valence-electron chi connectivity index (χ1n) is 13.4. The largest absolute Gasteiger partial charge is 0.389 e. The summed E-state index contributed by atoms with van der Waals surface area (Å²) < 4.78 is 69.2. The normalized spacial score (nSPS) is 19.1. The van der Waals surface area contributed by atoms with Crippen LogP contribution in [0.25, 0.3) is 0 Å². The van der Waals surface area contributed by atoms with Crippen LogP contribution >= 0.6 is 0 Å². The molecule has 4 rings (SSSR count). The van der Waals surface area contributed by atoms with Gasteiger partial charge < -0.3 is 16.0 Å². The van der Waals surface area contributed by atoms with Gasteiger partial charge in [-0.3, -0.25) is 14.4 Å². The van der Waals surface area contributed by atoms with Crippen LogP contribution in [-0.4, -0.2) is 48.2 Å². The highest BCUT2D eigenvalue weighted by Crippen LogP contribution is 2.39. The van der Waals surface area contributed by atoms with Crippen LogP contribution in [0.1, 0.15) is 50.2 Å². The number of nitrogens with zero attached hydrogens (tertiary/aromatic N) is 2. The van der Waals surface area contributed by atoms with Gasteiger partial charge in [0, 0.05) is 30.5 Å². The molecule has 41 heavy (non-hydrogen) atoms. The lowest BCUT2D eigenvalue weighted by Gasteiger charge is -2.32. The molecule has 3 amide bonds. The predicted molar refractivity (Wildman–Crippen MR) is 142 cm³/mol. The molecule has 2 aromatic carbocycles. The zero-order valence-corrected chi connectivity index (χ0v) is 22.3. The molecule has 0 radical (unpaired) electrons. The number of anilines is 1. The first kappa shape index (κ1) is 30.1. The molecule has 7 nitrogen and oxygen atoms in total. The third-order valence-corrected chi connectivity index (χ3v) is 7.39. The Labute approximate surface area is 234 Å². The minimum absolute atomic E-state index is 0.209. The number of benzodiazepines with no additional fused rings is 1. The molecule has 12 heteroatoms. The molecule has 3 atom stereocenters. The Morgan fingerprint density at radius 3 is 2.27 bits per heavy atom. The Balaban J connectivity index is 1.76. The highest BCUT2D eigenvalue weighted by Gasteiger charge is 2.51. The quantitative estimate of drug-likeness (QED) is 0.373. The Morgan fingerprint density at radius 1 is 1.05 bits per heavy atom. The van der Waals surface area contributed by atoms with Crippen LogP contribution in [0.5, 0.6) is 0 Å². The lowest BCUT2D eigenvalue weighted by Crippen LogP contribution is -2.54. The van der Waals surface area contributed by atoms with Crippen molar-refractivity contribution in [3.8, 4) is 0 Å². The minimum Gasteiger partial charge on any atom is -0.369 e. The fourth-order valence-corrected chi connectivity index (χ4v) is 5.00. The Bertz CT molecular complexity index is 1310. The second kappa shape index (κ2) is 12.0. The topological polar surface area (TPSA) is 105 Å². The predicted octanol–water partition coefficient (Wildman–Crippen LogP) is 4.83. The van der Waals surface area contributed by atoms with Crippen LogP contribution in [0.3, 0.4) is 0 Å². The molecule has 0 aromatic heterocycles. The average molecular weight is 579 g/mol. The molecule has 1 fully saturated rings. The van der Waals surface area contributed by atoms with Crippen LogP contribution in [0.2, 0.25) is 0 Å². The van der Waals surface area contributed by atoms with Gasteiger partial charge in [0.1, 0.15) is 5.92 Å². The van der Waals surface area contributed by atoms with Gasteiger partial charge in [-0.05, 0) is 31.2 Å². The number of para-hydroxylation sites is 1. The van der Waals surface area contributed by atoms with Gasteiger partial charge in [-0.2, -0.15) is 13.2 Å². The smallest absolute Gasteiger partial charge is 0.369 e. The van der Waals surface area contributed by atoms with Crippen molar-refractivity contribution >= 4 is 29.1 Å². The van der Waals surface area contributed by atoms with Gasteiger partial charge in [-0.25, -0.2) is 13.8 Å². The van der Waals surface area contributed by atoms with Gasteiger partial charge >= 0.3 is 6.18 Å². The summed E-state index contributed by atoms with van der Waals surface area (Å²) in [4.78, 5) is 45.5. The summed E-state index contributed by atoms with van der Waals surface area (Å²) in [5.41, 5.74) is 7.28. The van der Waals surface area contributed by atoms with Crippen LogP contribution in [-0.2, 0) is 14.4 Å². The number of aliphatic imine (C=N–C) groups is 1. The van der Waals surface area contributed by atoms with E-state index in [4.69, 9.17) is 5.73 Å². The van der Waals surface area contributed by atoms with Gasteiger partial charge in [-0.1, -0.05) is 55.5 Å². The number of fused-ring (bicyclic) bond motifs is 1. The van der Waals surface area contributed by atoms with E-state index in [1.807, 2.05) is 0 Å². The number of hydrogen-bond acceptors (Lipinski definition) is 4. The minimum atomic E-state index is -4.77. The van der Waals surface area contributed by atoms with Gasteiger partial charge in [-0.15, -0.1) is 0 Å². The van der Waals surface area contributed by atoms with E-state index in [0.717, 1.165) is 19.8 Å². The number of benzene rings is 2. The highest BCUT2D eigenvalue weighted by atomic mass is 19.4. The number of amides is 3. The van der Waals surface area contributed by atoms with E-state index in [2.05, 4.69) is 10.3 Å². The summed E-state index contributed by atoms with van der Waals surface area (Å²) in [5.74, 6) is -12.0. The van der Waals surface area contributed by atoms with Gasteiger partial charge in [0.25, 0.3) is 11.8 Å². The SMILES string of the molecule is CCC(F)(F)[C@@H](C(=O)N[C@H]1N=C(c2ccccc2)c2ccccc2N(CC2CC2)C1=O)[C@H](CCC(F)(F)F)C(N)=O. The number of hydrogen-bond donors (Lipinski definition) is 2. The summed E-state index contributed by atoms with van der Waals surface area (Å²) in [5, 5.41) is 2.25. The third kappa shape index (κ3) is 7.09. The van der Waals surface area contributed by atoms with E-state index < -0.39 is 67.1 Å². The van der Waals surface area contributed by atoms with Crippen molar-refractivity contribution in [2.45, 2.75) is 57.3 Å². The Morgan fingerprint density at radius 2 is 1.68 bits per heavy atom. The molecule has 1 aliphatic carbocycles. The summed E-state index contributed by atoms with van der Waals surface area (Å²) in [6.07, 6.45) is -8.32. The van der Waals surface area contributed by atoms with Crippen molar-refractivity contribution < 1.29 is 36.3 Å². The summed E-state index contributed by atoms with van der Waals surface area (Å²) in [6.45, 7) is 1.35.